The maximum Gasteiger partial charge on any atom is 0.262 e. The number of carbonyl (C=O) groups excluding carboxylic acids is 1. The molecule has 1 aliphatic heterocycles. The van der Waals surface area contributed by atoms with E-state index in [9.17, 15) is 9.59 Å². The number of hydrogen-bond donors (Lipinski definition) is 0. The van der Waals surface area contributed by atoms with Crippen LogP contribution in [0.5, 0.6) is 0 Å². The zero-order valence-corrected chi connectivity index (χ0v) is 13.8. The predicted molar refractivity (Wildman–Crippen MR) is 89.8 cm³/mol. The van der Waals surface area contributed by atoms with Crippen LogP contribution in [0.2, 0.25) is 0 Å². The molecular weight excluding hydrogens is 314 g/mol. The second-order valence-electron chi connectivity index (χ2n) is 5.24. The molecule has 7 heteroatoms. The van der Waals surface area contributed by atoms with Gasteiger partial charge in [0, 0.05) is 19.6 Å². The van der Waals surface area contributed by atoms with Crippen molar-refractivity contribution in [2.24, 2.45) is 0 Å². The monoisotopic (exact) mass is 333 g/mol. The molecule has 0 unspecified atom stereocenters. The molecule has 0 bridgehead atoms. The van der Waals surface area contributed by atoms with Crippen molar-refractivity contribution in [1.29, 1.82) is 0 Å². The van der Waals surface area contributed by atoms with Crippen LogP contribution in [0.4, 0.5) is 0 Å². The van der Waals surface area contributed by atoms with Gasteiger partial charge in [0.05, 0.1) is 29.9 Å². The Kier molecular flexibility index (Phi) is 4.97. The number of thioether (sulfide) groups is 1. The summed E-state index contributed by atoms with van der Waals surface area (Å²) >= 11 is 1.32. The van der Waals surface area contributed by atoms with Gasteiger partial charge in [-0.05, 0) is 19.1 Å². The van der Waals surface area contributed by atoms with Crippen LogP contribution < -0.4 is 5.56 Å². The summed E-state index contributed by atoms with van der Waals surface area (Å²) in [6, 6.07) is 7.30. The van der Waals surface area contributed by atoms with E-state index in [1.807, 2.05) is 25.1 Å². The summed E-state index contributed by atoms with van der Waals surface area (Å²) in [7, 11) is 0. The van der Waals surface area contributed by atoms with Crippen LogP contribution in [0.1, 0.15) is 6.92 Å². The molecule has 0 atom stereocenters. The summed E-state index contributed by atoms with van der Waals surface area (Å²) in [5.41, 5.74) is 0.614. The number of fused-ring (bicyclic) bond motifs is 1. The molecule has 23 heavy (non-hydrogen) atoms. The second-order valence-corrected chi connectivity index (χ2v) is 6.19. The van der Waals surface area contributed by atoms with Gasteiger partial charge in [-0.1, -0.05) is 23.9 Å². The minimum absolute atomic E-state index is 0.0561. The number of morpholine rings is 1. The van der Waals surface area contributed by atoms with Crippen molar-refractivity contribution in [3.63, 3.8) is 0 Å². The molecule has 0 N–H and O–H groups in total. The van der Waals surface area contributed by atoms with E-state index in [1.165, 1.54) is 11.8 Å². The molecule has 1 fully saturated rings. The number of nitrogens with zero attached hydrogens (tertiary/aromatic N) is 3. The quantitative estimate of drug-likeness (QED) is 0.624. The molecule has 1 amide bonds. The normalized spacial score (nSPS) is 15.1. The van der Waals surface area contributed by atoms with Gasteiger partial charge in [0.25, 0.3) is 5.56 Å². The van der Waals surface area contributed by atoms with Crippen LogP contribution in [0.15, 0.2) is 34.2 Å². The molecule has 1 aromatic carbocycles. The summed E-state index contributed by atoms with van der Waals surface area (Å²) in [6.45, 7) is 4.88. The lowest BCUT2D eigenvalue weighted by molar-refractivity contribution is -0.132. The zero-order chi connectivity index (χ0) is 16.2. The Morgan fingerprint density at radius 2 is 2.04 bits per heavy atom. The van der Waals surface area contributed by atoms with Crippen molar-refractivity contribution in [3.8, 4) is 0 Å². The maximum absolute atomic E-state index is 12.5. The van der Waals surface area contributed by atoms with Crippen molar-refractivity contribution in [2.45, 2.75) is 18.6 Å². The Morgan fingerprint density at radius 1 is 1.30 bits per heavy atom. The molecule has 2 aromatic rings. The lowest BCUT2D eigenvalue weighted by atomic mass is 10.2. The van der Waals surface area contributed by atoms with Crippen LogP contribution in [0.3, 0.4) is 0 Å². The first-order chi connectivity index (χ1) is 11.2. The van der Waals surface area contributed by atoms with Gasteiger partial charge in [-0.25, -0.2) is 4.98 Å². The van der Waals surface area contributed by atoms with Crippen LogP contribution in [-0.4, -0.2) is 52.4 Å². The average Bonchev–Trinajstić information content (AvgIpc) is 2.60. The first-order valence-electron chi connectivity index (χ1n) is 7.68. The van der Waals surface area contributed by atoms with Crippen LogP contribution in [0, 0.1) is 0 Å². The van der Waals surface area contributed by atoms with Crippen molar-refractivity contribution < 1.29 is 9.53 Å². The standard InChI is InChI=1S/C16H19N3O3S/c1-2-19-15(21)12-5-3-4-6-13(12)17-16(19)23-11-14(20)18-7-9-22-10-8-18/h3-6H,2,7-11H2,1H3. The predicted octanol–water partition coefficient (Wildman–Crippen LogP) is 1.37. The van der Waals surface area contributed by atoms with Crippen LogP contribution in [0.25, 0.3) is 10.9 Å². The third-order valence-electron chi connectivity index (χ3n) is 3.83. The molecule has 6 nitrogen and oxygen atoms in total. The number of benzene rings is 1. The van der Waals surface area contributed by atoms with Crippen molar-refractivity contribution in [2.75, 3.05) is 32.1 Å². The number of amides is 1. The van der Waals surface area contributed by atoms with E-state index in [-0.39, 0.29) is 17.2 Å². The fraction of sp³-hybridized carbons (Fsp3) is 0.438. The highest BCUT2D eigenvalue weighted by Gasteiger charge is 2.18. The SMILES string of the molecule is CCn1c(SCC(=O)N2CCOCC2)nc2ccccc2c1=O. The first kappa shape index (κ1) is 16.0. The van der Waals surface area contributed by atoms with Gasteiger partial charge in [0.1, 0.15) is 0 Å². The molecule has 1 aliphatic rings. The van der Waals surface area contributed by atoms with Gasteiger partial charge < -0.3 is 9.64 Å². The summed E-state index contributed by atoms with van der Waals surface area (Å²) in [4.78, 5) is 31.1. The van der Waals surface area contributed by atoms with E-state index < -0.39 is 0 Å². The summed E-state index contributed by atoms with van der Waals surface area (Å²) in [6.07, 6.45) is 0. The summed E-state index contributed by atoms with van der Waals surface area (Å²) in [5, 5.41) is 1.20. The van der Waals surface area contributed by atoms with Gasteiger partial charge >= 0.3 is 0 Å². The van der Waals surface area contributed by atoms with Gasteiger partial charge in [0.2, 0.25) is 5.91 Å². The molecule has 0 radical (unpaired) electrons. The van der Waals surface area contributed by atoms with Gasteiger partial charge in [-0.2, -0.15) is 0 Å². The third kappa shape index (κ3) is 3.40. The number of para-hydroxylation sites is 1. The van der Waals surface area contributed by atoms with Crippen molar-refractivity contribution >= 4 is 28.6 Å². The van der Waals surface area contributed by atoms with Gasteiger partial charge in [-0.3, -0.25) is 14.2 Å². The molecule has 122 valence electrons. The largest absolute Gasteiger partial charge is 0.378 e. The summed E-state index contributed by atoms with van der Waals surface area (Å²) < 4.78 is 6.88. The number of aromatic nitrogens is 2. The van der Waals surface area contributed by atoms with E-state index >= 15 is 0 Å². The molecule has 1 aromatic heterocycles. The lowest BCUT2D eigenvalue weighted by Gasteiger charge is -2.26. The number of ether oxygens (including phenoxy) is 1. The fourth-order valence-electron chi connectivity index (χ4n) is 2.57. The highest BCUT2D eigenvalue weighted by Crippen LogP contribution is 2.18. The van der Waals surface area contributed by atoms with E-state index in [0.29, 0.717) is 48.9 Å². The Bertz CT molecular complexity index is 769. The Morgan fingerprint density at radius 3 is 2.78 bits per heavy atom. The maximum atomic E-state index is 12.5. The van der Waals surface area contributed by atoms with E-state index in [4.69, 9.17) is 4.74 Å². The fourth-order valence-corrected chi connectivity index (χ4v) is 3.53. The Labute approximate surface area is 138 Å². The zero-order valence-electron chi connectivity index (χ0n) is 13.0. The highest BCUT2D eigenvalue weighted by atomic mass is 32.2. The second kappa shape index (κ2) is 7.14. The molecule has 3 rings (SSSR count). The first-order valence-corrected chi connectivity index (χ1v) is 8.67. The number of rotatable bonds is 4. The topological polar surface area (TPSA) is 64.4 Å². The van der Waals surface area contributed by atoms with E-state index in [0.717, 1.165) is 0 Å². The number of carbonyl (C=O) groups is 1. The minimum Gasteiger partial charge on any atom is -0.378 e. The van der Waals surface area contributed by atoms with Crippen LogP contribution >= 0.6 is 11.8 Å². The Balaban J connectivity index is 1.81. The van der Waals surface area contributed by atoms with Crippen molar-refractivity contribution in [1.82, 2.24) is 14.5 Å². The number of hydrogen-bond acceptors (Lipinski definition) is 5. The highest BCUT2D eigenvalue weighted by molar-refractivity contribution is 7.99. The molecular formula is C16H19N3O3S. The van der Waals surface area contributed by atoms with E-state index in [1.54, 1.807) is 15.5 Å². The average molecular weight is 333 g/mol. The summed E-state index contributed by atoms with van der Waals surface area (Å²) in [5.74, 6) is 0.341. The molecule has 0 saturated carbocycles. The minimum atomic E-state index is -0.0561. The van der Waals surface area contributed by atoms with Gasteiger partial charge in [-0.15, -0.1) is 0 Å². The Hall–Kier alpha value is -1.86. The smallest absolute Gasteiger partial charge is 0.262 e. The van der Waals surface area contributed by atoms with Gasteiger partial charge in [0.15, 0.2) is 5.16 Å². The molecule has 0 spiro atoms. The molecule has 2 heterocycles. The van der Waals surface area contributed by atoms with Crippen molar-refractivity contribution in [3.05, 3.63) is 34.6 Å². The lowest BCUT2D eigenvalue weighted by Crippen LogP contribution is -2.41. The third-order valence-corrected chi connectivity index (χ3v) is 4.79. The molecule has 0 aliphatic carbocycles. The van der Waals surface area contributed by atoms with E-state index in [2.05, 4.69) is 4.98 Å². The van der Waals surface area contributed by atoms with Crippen LogP contribution in [-0.2, 0) is 16.1 Å². The molecule has 1 saturated heterocycles.